The Hall–Kier alpha value is -1.95. The van der Waals surface area contributed by atoms with Crippen LogP contribution in [-0.4, -0.2) is 26.1 Å². The molecule has 1 amide bonds. The van der Waals surface area contributed by atoms with Crippen molar-refractivity contribution in [2.45, 2.75) is 20.3 Å². The summed E-state index contributed by atoms with van der Waals surface area (Å²) in [7, 11) is 0. The van der Waals surface area contributed by atoms with Crippen LogP contribution < -0.4 is 5.32 Å². The molecule has 0 aliphatic rings. The smallest absolute Gasteiger partial charge is 0.224 e. The molecular formula is C12H14ClN5O. The number of tetrazole rings is 1. The van der Waals surface area contributed by atoms with Gasteiger partial charge in [-0.15, -0.1) is 5.10 Å². The Balaban J connectivity index is 2.20. The van der Waals surface area contributed by atoms with Gasteiger partial charge < -0.3 is 5.32 Å². The van der Waals surface area contributed by atoms with E-state index in [0.29, 0.717) is 23.0 Å². The lowest BCUT2D eigenvalue weighted by molar-refractivity contribution is -0.116. The Bertz CT molecular complexity index is 568. The van der Waals surface area contributed by atoms with Crippen LogP contribution >= 0.6 is 11.6 Å². The fraction of sp³-hybridized carbons (Fsp3) is 0.333. The highest BCUT2D eigenvalue weighted by Gasteiger charge is 2.09. The lowest BCUT2D eigenvalue weighted by Gasteiger charge is -2.10. The summed E-state index contributed by atoms with van der Waals surface area (Å²) < 4.78 is 1.49. The van der Waals surface area contributed by atoms with E-state index in [1.165, 1.54) is 11.0 Å². The summed E-state index contributed by atoms with van der Waals surface area (Å²) in [5.74, 6) is 0.229. The van der Waals surface area contributed by atoms with Gasteiger partial charge >= 0.3 is 0 Å². The first-order chi connectivity index (χ1) is 9.06. The van der Waals surface area contributed by atoms with Gasteiger partial charge in [-0.05, 0) is 34.5 Å². The normalized spacial score (nSPS) is 10.7. The number of aromatic nitrogens is 4. The summed E-state index contributed by atoms with van der Waals surface area (Å²) in [5.41, 5.74) is 1.29. The lowest BCUT2D eigenvalue weighted by Crippen LogP contribution is -2.14. The second kappa shape index (κ2) is 5.79. The van der Waals surface area contributed by atoms with E-state index in [-0.39, 0.29) is 5.91 Å². The van der Waals surface area contributed by atoms with Crippen LogP contribution in [0.4, 0.5) is 5.69 Å². The number of hydrogen-bond donors (Lipinski definition) is 1. The van der Waals surface area contributed by atoms with Gasteiger partial charge in [0.15, 0.2) is 0 Å². The average Bonchev–Trinajstić information content (AvgIpc) is 2.84. The second-order valence-corrected chi connectivity index (χ2v) is 4.97. The highest BCUT2D eigenvalue weighted by Crippen LogP contribution is 2.24. The molecule has 0 fully saturated rings. The third kappa shape index (κ3) is 3.51. The Morgan fingerprint density at radius 3 is 2.89 bits per heavy atom. The number of carbonyl (C=O) groups excluding carboxylic acids is 1. The Morgan fingerprint density at radius 1 is 1.47 bits per heavy atom. The van der Waals surface area contributed by atoms with Crippen LogP contribution in [0.2, 0.25) is 5.02 Å². The summed E-state index contributed by atoms with van der Waals surface area (Å²) in [5, 5.41) is 14.2. The number of nitrogens with one attached hydrogen (secondary N) is 1. The third-order valence-electron chi connectivity index (χ3n) is 2.43. The van der Waals surface area contributed by atoms with Crippen molar-refractivity contribution in [1.82, 2.24) is 20.2 Å². The SMILES string of the molecule is CC(C)CC(=O)Nc1cc(-n2cnnn2)ccc1Cl. The summed E-state index contributed by atoms with van der Waals surface area (Å²) in [6, 6.07) is 5.21. The molecule has 19 heavy (non-hydrogen) atoms. The van der Waals surface area contributed by atoms with E-state index in [0.717, 1.165) is 5.69 Å². The molecule has 1 aromatic carbocycles. The molecule has 0 bridgehead atoms. The second-order valence-electron chi connectivity index (χ2n) is 4.56. The third-order valence-corrected chi connectivity index (χ3v) is 2.76. The highest BCUT2D eigenvalue weighted by atomic mass is 35.5. The van der Waals surface area contributed by atoms with Gasteiger partial charge in [-0.3, -0.25) is 4.79 Å². The van der Waals surface area contributed by atoms with Crippen LogP contribution in [-0.2, 0) is 4.79 Å². The zero-order valence-corrected chi connectivity index (χ0v) is 11.4. The predicted octanol–water partition coefficient (Wildman–Crippen LogP) is 2.30. The molecule has 0 aliphatic heterocycles. The number of carbonyl (C=O) groups is 1. The van der Waals surface area contributed by atoms with Crippen LogP contribution in [0.15, 0.2) is 24.5 Å². The Labute approximate surface area is 115 Å². The standard InChI is InChI=1S/C12H14ClN5O/c1-8(2)5-12(19)15-11-6-9(3-4-10(11)13)18-7-14-16-17-18/h3-4,6-8H,5H2,1-2H3,(H,15,19). The van der Waals surface area contributed by atoms with E-state index >= 15 is 0 Å². The first kappa shape index (κ1) is 13.5. The summed E-state index contributed by atoms with van der Waals surface area (Å²) in [6.07, 6.45) is 1.92. The lowest BCUT2D eigenvalue weighted by atomic mass is 10.1. The van der Waals surface area contributed by atoms with Gasteiger partial charge in [0, 0.05) is 6.42 Å². The number of amides is 1. The first-order valence-corrected chi connectivity index (χ1v) is 6.27. The maximum Gasteiger partial charge on any atom is 0.224 e. The van der Waals surface area contributed by atoms with Gasteiger partial charge in [0.2, 0.25) is 5.91 Å². The van der Waals surface area contributed by atoms with Crippen LogP contribution in [0, 0.1) is 5.92 Å². The molecule has 7 heteroatoms. The van der Waals surface area contributed by atoms with Crippen LogP contribution in [0.3, 0.4) is 0 Å². The molecule has 0 aliphatic carbocycles. The largest absolute Gasteiger partial charge is 0.325 e. The number of halogens is 1. The van der Waals surface area contributed by atoms with Crippen molar-refractivity contribution < 1.29 is 4.79 Å². The molecule has 0 spiro atoms. The number of rotatable bonds is 4. The molecule has 2 aromatic rings. The van der Waals surface area contributed by atoms with Crippen molar-refractivity contribution in [3.63, 3.8) is 0 Å². The molecule has 0 saturated heterocycles. The van der Waals surface area contributed by atoms with Gasteiger partial charge in [-0.1, -0.05) is 25.4 Å². The fourth-order valence-corrected chi connectivity index (χ4v) is 1.77. The predicted molar refractivity (Wildman–Crippen MR) is 72.2 cm³/mol. The molecule has 0 radical (unpaired) electrons. The topological polar surface area (TPSA) is 72.7 Å². The zero-order chi connectivity index (χ0) is 13.8. The molecule has 100 valence electrons. The number of nitrogens with zero attached hydrogens (tertiary/aromatic N) is 4. The summed E-state index contributed by atoms with van der Waals surface area (Å²) in [6.45, 7) is 3.97. The van der Waals surface area contributed by atoms with E-state index in [9.17, 15) is 4.79 Å². The van der Waals surface area contributed by atoms with Crippen LogP contribution in [0.25, 0.3) is 5.69 Å². The molecule has 0 saturated carbocycles. The summed E-state index contributed by atoms with van der Waals surface area (Å²) >= 11 is 6.06. The van der Waals surface area contributed by atoms with E-state index in [1.54, 1.807) is 18.2 Å². The Kier molecular flexibility index (Phi) is 4.11. The van der Waals surface area contributed by atoms with Crippen molar-refractivity contribution >= 4 is 23.2 Å². The first-order valence-electron chi connectivity index (χ1n) is 5.89. The van der Waals surface area contributed by atoms with E-state index in [2.05, 4.69) is 20.8 Å². The van der Waals surface area contributed by atoms with E-state index in [4.69, 9.17) is 11.6 Å². The number of benzene rings is 1. The zero-order valence-electron chi connectivity index (χ0n) is 10.7. The van der Waals surface area contributed by atoms with Gasteiger partial charge in [0.1, 0.15) is 6.33 Å². The molecule has 2 rings (SSSR count). The molecule has 6 nitrogen and oxygen atoms in total. The minimum atomic E-state index is -0.0641. The molecule has 0 atom stereocenters. The molecule has 0 unspecified atom stereocenters. The van der Waals surface area contributed by atoms with Crippen LogP contribution in [0.5, 0.6) is 0 Å². The molecule has 1 heterocycles. The van der Waals surface area contributed by atoms with Crippen molar-refractivity contribution in [3.8, 4) is 5.69 Å². The van der Waals surface area contributed by atoms with Gasteiger partial charge in [0.05, 0.1) is 16.4 Å². The molecule has 1 N–H and O–H groups in total. The quantitative estimate of drug-likeness (QED) is 0.932. The van der Waals surface area contributed by atoms with Crippen LogP contribution in [0.1, 0.15) is 20.3 Å². The number of hydrogen-bond acceptors (Lipinski definition) is 4. The maximum atomic E-state index is 11.8. The fourth-order valence-electron chi connectivity index (χ4n) is 1.60. The van der Waals surface area contributed by atoms with Crippen molar-refractivity contribution in [2.24, 2.45) is 5.92 Å². The maximum absolute atomic E-state index is 11.8. The van der Waals surface area contributed by atoms with Gasteiger partial charge in [-0.25, -0.2) is 4.68 Å². The minimum absolute atomic E-state index is 0.0641. The van der Waals surface area contributed by atoms with Crippen molar-refractivity contribution in [2.75, 3.05) is 5.32 Å². The van der Waals surface area contributed by atoms with Gasteiger partial charge in [-0.2, -0.15) is 0 Å². The highest BCUT2D eigenvalue weighted by molar-refractivity contribution is 6.33. The molecular weight excluding hydrogens is 266 g/mol. The van der Waals surface area contributed by atoms with Crippen molar-refractivity contribution in [1.29, 1.82) is 0 Å². The van der Waals surface area contributed by atoms with E-state index < -0.39 is 0 Å². The van der Waals surface area contributed by atoms with Crippen molar-refractivity contribution in [3.05, 3.63) is 29.5 Å². The van der Waals surface area contributed by atoms with E-state index in [1.807, 2.05) is 13.8 Å². The monoisotopic (exact) mass is 279 g/mol. The Morgan fingerprint density at radius 2 is 2.26 bits per heavy atom. The number of anilines is 1. The average molecular weight is 280 g/mol. The molecule has 1 aromatic heterocycles. The summed E-state index contributed by atoms with van der Waals surface area (Å²) in [4.78, 5) is 11.8. The minimum Gasteiger partial charge on any atom is -0.325 e. The van der Waals surface area contributed by atoms with Gasteiger partial charge in [0.25, 0.3) is 0 Å².